The maximum Gasteiger partial charge on any atom is 0.150 e. The molecule has 0 aromatic rings. The Morgan fingerprint density at radius 1 is 1.07 bits per heavy atom. The van der Waals surface area contributed by atoms with Crippen LogP contribution in [0.3, 0.4) is 0 Å². The van der Waals surface area contributed by atoms with E-state index in [0.717, 1.165) is 19.3 Å². The fourth-order valence-electron chi connectivity index (χ4n) is 1.27. The molecule has 0 radical (unpaired) electrons. The lowest BCUT2D eigenvalue weighted by Crippen LogP contribution is -2.22. The molecule has 4 heteroatoms. The minimum Gasteiger partial charge on any atom is -0.317 e. The van der Waals surface area contributed by atoms with Gasteiger partial charge in [-0.15, -0.1) is 0 Å². The van der Waals surface area contributed by atoms with Gasteiger partial charge in [0.1, 0.15) is 9.84 Å². The topological polar surface area (TPSA) is 46.2 Å². The second-order valence-corrected chi connectivity index (χ2v) is 6.97. The second-order valence-electron chi connectivity index (χ2n) is 4.67. The minimum atomic E-state index is -2.81. The third-order valence-electron chi connectivity index (χ3n) is 2.59. The van der Waals surface area contributed by atoms with E-state index in [1.165, 1.54) is 0 Å². The Morgan fingerprint density at radius 3 is 2.13 bits per heavy atom. The summed E-state index contributed by atoms with van der Waals surface area (Å²) in [7, 11) is -0.908. The molecule has 1 atom stereocenters. The van der Waals surface area contributed by atoms with Gasteiger partial charge in [0.2, 0.25) is 0 Å². The van der Waals surface area contributed by atoms with E-state index in [4.69, 9.17) is 0 Å². The van der Waals surface area contributed by atoms with Crippen LogP contribution in [0.5, 0.6) is 0 Å². The lowest BCUT2D eigenvalue weighted by atomic mass is 10.2. The van der Waals surface area contributed by atoms with Crippen molar-refractivity contribution in [3.05, 3.63) is 0 Å². The van der Waals surface area contributed by atoms with Crippen molar-refractivity contribution in [3.8, 4) is 0 Å². The van der Waals surface area contributed by atoms with Crippen LogP contribution in [0.4, 0.5) is 0 Å². The van der Waals surface area contributed by atoms with Gasteiger partial charge in [0.25, 0.3) is 0 Å². The van der Waals surface area contributed by atoms with Gasteiger partial charge in [-0.05, 0) is 39.2 Å². The summed E-state index contributed by atoms with van der Waals surface area (Å²) in [6.07, 6.45) is 2.48. The van der Waals surface area contributed by atoms with Crippen molar-refractivity contribution >= 4 is 9.84 Å². The first-order valence-electron chi connectivity index (χ1n) is 5.75. The van der Waals surface area contributed by atoms with Crippen molar-refractivity contribution < 1.29 is 8.42 Å². The van der Waals surface area contributed by atoms with Crippen LogP contribution >= 0.6 is 0 Å². The highest BCUT2D eigenvalue weighted by Gasteiger charge is 2.11. The molecule has 0 fully saturated rings. The van der Waals surface area contributed by atoms with Crippen molar-refractivity contribution in [2.75, 3.05) is 18.6 Å². The maximum absolute atomic E-state index is 11.6. The van der Waals surface area contributed by atoms with Gasteiger partial charge < -0.3 is 5.32 Å². The predicted octanol–water partition coefficient (Wildman–Crippen LogP) is 1.84. The first-order valence-corrected chi connectivity index (χ1v) is 7.57. The van der Waals surface area contributed by atoms with Crippen LogP contribution in [-0.4, -0.2) is 33.0 Å². The second kappa shape index (κ2) is 7.23. The summed E-state index contributed by atoms with van der Waals surface area (Å²) >= 11 is 0. The van der Waals surface area contributed by atoms with E-state index in [9.17, 15) is 8.42 Å². The molecule has 1 N–H and O–H groups in total. The van der Waals surface area contributed by atoms with Gasteiger partial charge in [-0.3, -0.25) is 0 Å². The van der Waals surface area contributed by atoms with Crippen LogP contribution in [0.25, 0.3) is 0 Å². The number of hydrogen-bond donors (Lipinski definition) is 1. The van der Waals surface area contributed by atoms with E-state index < -0.39 is 9.84 Å². The lowest BCUT2D eigenvalue weighted by Gasteiger charge is -2.10. The summed E-state index contributed by atoms with van der Waals surface area (Å²) in [6, 6.07) is 0.408. The van der Waals surface area contributed by atoms with E-state index in [2.05, 4.69) is 26.1 Å². The average molecular weight is 235 g/mol. The molecule has 0 aromatic heterocycles. The summed E-state index contributed by atoms with van der Waals surface area (Å²) in [6.45, 7) is 6.18. The lowest BCUT2D eigenvalue weighted by molar-refractivity contribution is 0.544. The van der Waals surface area contributed by atoms with E-state index in [0.29, 0.717) is 23.5 Å². The Labute approximate surface area is 94.6 Å². The standard InChI is InChI=1S/C11H25NO2S/c1-10(2)7-9-15(13,14)8-5-6-11(3)12-4/h10-12H,5-9H2,1-4H3. The maximum atomic E-state index is 11.6. The zero-order valence-corrected chi connectivity index (χ0v) is 11.2. The van der Waals surface area contributed by atoms with Gasteiger partial charge in [-0.2, -0.15) is 0 Å². The SMILES string of the molecule is CNC(C)CCCS(=O)(=O)CCC(C)C. The molecule has 3 nitrogen and oxygen atoms in total. The Hall–Kier alpha value is -0.0900. The van der Waals surface area contributed by atoms with Crippen molar-refractivity contribution in [2.45, 2.75) is 46.1 Å². The van der Waals surface area contributed by atoms with E-state index in [1.54, 1.807) is 0 Å². The zero-order valence-electron chi connectivity index (χ0n) is 10.4. The highest BCUT2D eigenvalue weighted by atomic mass is 32.2. The van der Waals surface area contributed by atoms with Crippen molar-refractivity contribution in [3.63, 3.8) is 0 Å². The monoisotopic (exact) mass is 235 g/mol. The molecule has 0 aromatic carbocycles. The quantitative estimate of drug-likeness (QED) is 0.698. The molecule has 0 heterocycles. The van der Waals surface area contributed by atoms with Crippen LogP contribution in [0.2, 0.25) is 0 Å². The summed E-state index contributed by atoms with van der Waals surface area (Å²) in [5, 5.41) is 3.11. The van der Waals surface area contributed by atoms with Crippen LogP contribution in [0.15, 0.2) is 0 Å². The van der Waals surface area contributed by atoms with Crippen molar-refractivity contribution in [1.29, 1.82) is 0 Å². The Bertz CT molecular complexity index is 247. The summed E-state index contributed by atoms with van der Waals surface area (Å²) in [5.74, 6) is 1.15. The third kappa shape index (κ3) is 8.88. The third-order valence-corrected chi connectivity index (χ3v) is 4.36. The van der Waals surface area contributed by atoms with Gasteiger partial charge in [0.15, 0.2) is 0 Å². The number of sulfone groups is 1. The fourth-order valence-corrected chi connectivity index (χ4v) is 2.91. The average Bonchev–Trinajstić information content (AvgIpc) is 2.14. The molecule has 0 spiro atoms. The summed E-state index contributed by atoms with van der Waals surface area (Å²) in [5.41, 5.74) is 0. The van der Waals surface area contributed by atoms with Crippen molar-refractivity contribution in [1.82, 2.24) is 5.32 Å². The zero-order chi connectivity index (χ0) is 11.9. The van der Waals surface area contributed by atoms with E-state index in [1.807, 2.05) is 7.05 Å². The normalized spacial score (nSPS) is 14.5. The molecule has 92 valence electrons. The Morgan fingerprint density at radius 2 is 1.67 bits per heavy atom. The van der Waals surface area contributed by atoms with Gasteiger partial charge in [0, 0.05) is 6.04 Å². The number of rotatable bonds is 8. The molecular formula is C11H25NO2S. The Kier molecular flexibility index (Phi) is 7.18. The van der Waals surface area contributed by atoms with Gasteiger partial charge in [0.05, 0.1) is 11.5 Å². The Balaban J connectivity index is 3.75. The number of nitrogens with one attached hydrogen (secondary N) is 1. The highest BCUT2D eigenvalue weighted by molar-refractivity contribution is 7.91. The van der Waals surface area contributed by atoms with Gasteiger partial charge in [-0.25, -0.2) is 8.42 Å². The molecule has 0 saturated heterocycles. The van der Waals surface area contributed by atoms with Crippen molar-refractivity contribution in [2.24, 2.45) is 5.92 Å². The molecule has 0 saturated carbocycles. The molecular weight excluding hydrogens is 210 g/mol. The molecule has 0 aliphatic carbocycles. The predicted molar refractivity (Wildman–Crippen MR) is 65.9 cm³/mol. The van der Waals surface area contributed by atoms with Crippen LogP contribution in [0, 0.1) is 5.92 Å². The van der Waals surface area contributed by atoms with E-state index in [-0.39, 0.29) is 0 Å². The molecule has 15 heavy (non-hydrogen) atoms. The van der Waals surface area contributed by atoms with Gasteiger partial charge in [-0.1, -0.05) is 13.8 Å². The molecule has 0 rings (SSSR count). The molecule has 0 aliphatic rings. The summed E-state index contributed by atoms with van der Waals surface area (Å²) in [4.78, 5) is 0. The fraction of sp³-hybridized carbons (Fsp3) is 1.00. The molecule has 0 aliphatic heterocycles. The number of hydrogen-bond acceptors (Lipinski definition) is 3. The summed E-state index contributed by atoms with van der Waals surface area (Å²) < 4.78 is 23.2. The smallest absolute Gasteiger partial charge is 0.150 e. The first-order chi connectivity index (χ1) is 6.87. The van der Waals surface area contributed by atoms with E-state index >= 15 is 0 Å². The highest BCUT2D eigenvalue weighted by Crippen LogP contribution is 2.06. The molecule has 0 amide bonds. The van der Waals surface area contributed by atoms with Crippen LogP contribution in [0.1, 0.15) is 40.0 Å². The molecule has 0 bridgehead atoms. The largest absolute Gasteiger partial charge is 0.317 e. The van der Waals surface area contributed by atoms with Crippen LogP contribution < -0.4 is 5.32 Å². The van der Waals surface area contributed by atoms with Crippen LogP contribution in [-0.2, 0) is 9.84 Å². The van der Waals surface area contributed by atoms with Gasteiger partial charge >= 0.3 is 0 Å². The molecule has 1 unspecified atom stereocenters. The first kappa shape index (κ1) is 14.9. The minimum absolute atomic E-state index is 0.339.